The van der Waals surface area contributed by atoms with Gasteiger partial charge in [-0.05, 0) is 42.2 Å². The van der Waals surface area contributed by atoms with Crippen LogP contribution in [-0.4, -0.2) is 34.5 Å². The Kier molecular flexibility index (Phi) is 7.81. The lowest BCUT2D eigenvalue weighted by atomic mass is 10.1. The summed E-state index contributed by atoms with van der Waals surface area (Å²) in [5, 5.41) is 2.83. The SMILES string of the molecule is COc1ccc(C(=O)NCCc2ccccc2)cc1S(=O)(=O)NCCc1ccccc1. The Labute approximate surface area is 183 Å². The Hall–Kier alpha value is -3.16. The van der Waals surface area contributed by atoms with Crippen LogP contribution in [0.15, 0.2) is 83.8 Å². The molecule has 0 heterocycles. The molecule has 2 N–H and O–H groups in total. The maximum atomic E-state index is 12.9. The minimum Gasteiger partial charge on any atom is -0.495 e. The first-order chi connectivity index (χ1) is 15.0. The van der Waals surface area contributed by atoms with Crippen LogP contribution in [0.5, 0.6) is 5.75 Å². The van der Waals surface area contributed by atoms with Crippen LogP contribution in [0, 0.1) is 0 Å². The Bertz CT molecular complexity index is 1100. The van der Waals surface area contributed by atoms with Crippen LogP contribution in [0.4, 0.5) is 0 Å². The summed E-state index contributed by atoms with van der Waals surface area (Å²) in [6, 6.07) is 23.8. The lowest BCUT2D eigenvalue weighted by Gasteiger charge is -2.13. The zero-order valence-corrected chi connectivity index (χ0v) is 18.2. The first-order valence-corrected chi connectivity index (χ1v) is 11.5. The molecular formula is C24H26N2O4S. The van der Waals surface area contributed by atoms with Gasteiger partial charge in [0, 0.05) is 18.7 Å². The van der Waals surface area contributed by atoms with Gasteiger partial charge in [-0.25, -0.2) is 13.1 Å². The number of hydrogen-bond acceptors (Lipinski definition) is 4. The highest BCUT2D eigenvalue weighted by Gasteiger charge is 2.21. The van der Waals surface area contributed by atoms with Crippen LogP contribution in [0.1, 0.15) is 21.5 Å². The molecule has 0 saturated carbocycles. The van der Waals surface area contributed by atoms with Gasteiger partial charge in [0.1, 0.15) is 10.6 Å². The van der Waals surface area contributed by atoms with Crippen LogP contribution < -0.4 is 14.8 Å². The van der Waals surface area contributed by atoms with E-state index in [1.165, 1.54) is 19.2 Å². The van der Waals surface area contributed by atoms with Crippen molar-refractivity contribution in [2.45, 2.75) is 17.7 Å². The number of rotatable bonds is 10. The van der Waals surface area contributed by atoms with Crippen molar-refractivity contribution < 1.29 is 17.9 Å². The summed E-state index contributed by atoms with van der Waals surface area (Å²) in [6.07, 6.45) is 1.25. The molecule has 3 rings (SSSR count). The van der Waals surface area contributed by atoms with Gasteiger partial charge in [0.15, 0.2) is 0 Å². The van der Waals surface area contributed by atoms with Crippen molar-refractivity contribution in [1.29, 1.82) is 0 Å². The summed E-state index contributed by atoms with van der Waals surface area (Å²) in [6.45, 7) is 0.690. The van der Waals surface area contributed by atoms with E-state index in [9.17, 15) is 13.2 Å². The third kappa shape index (κ3) is 6.41. The highest BCUT2D eigenvalue weighted by molar-refractivity contribution is 7.89. The van der Waals surface area contributed by atoms with Crippen molar-refractivity contribution in [3.8, 4) is 5.75 Å². The van der Waals surface area contributed by atoms with Crippen LogP contribution in [0.3, 0.4) is 0 Å². The lowest BCUT2D eigenvalue weighted by Crippen LogP contribution is -2.28. The smallest absolute Gasteiger partial charge is 0.251 e. The molecule has 0 unspecified atom stereocenters. The largest absolute Gasteiger partial charge is 0.495 e. The molecule has 0 aromatic heterocycles. The molecular weight excluding hydrogens is 412 g/mol. The van der Waals surface area contributed by atoms with E-state index in [2.05, 4.69) is 10.0 Å². The molecule has 3 aromatic carbocycles. The van der Waals surface area contributed by atoms with Crippen molar-refractivity contribution in [2.24, 2.45) is 0 Å². The van der Waals surface area contributed by atoms with Gasteiger partial charge in [0.25, 0.3) is 5.91 Å². The van der Waals surface area contributed by atoms with Crippen LogP contribution in [-0.2, 0) is 22.9 Å². The van der Waals surface area contributed by atoms with E-state index in [1.807, 2.05) is 60.7 Å². The molecule has 0 aliphatic carbocycles. The second-order valence-corrected chi connectivity index (χ2v) is 8.73. The Balaban J connectivity index is 1.66. The van der Waals surface area contributed by atoms with Crippen molar-refractivity contribution in [3.63, 3.8) is 0 Å². The number of amides is 1. The fourth-order valence-electron chi connectivity index (χ4n) is 3.15. The Morgan fingerprint density at radius 3 is 2.00 bits per heavy atom. The molecule has 162 valence electrons. The minimum absolute atomic E-state index is 0.0567. The summed E-state index contributed by atoms with van der Waals surface area (Å²) in [5.74, 6) is -0.146. The van der Waals surface area contributed by atoms with Crippen molar-refractivity contribution in [3.05, 3.63) is 95.6 Å². The molecule has 3 aromatic rings. The zero-order valence-electron chi connectivity index (χ0n) is 17.4. The molecule has 31 heavy (non-hydrogen) atoms. The molecule has 0 saturated heterocycles. The molecule has 0 spiro atoms. The van der Waals surface area contributed by atoms with E-state index in [0.29, 0.717) is 19.4 Å². The molecule has 0 atom stereocenters. The highest BCUT2D eigenvalue weighted by Crippen LogP contribution is 2.25. The Morgan fingerprint density at radius 2 is 1.42 bits per heavy atom. The first-order valence-electron chi connectivity index (χ1n) is 10.0. The molecule has 7 heteroatoms. The second-order valence-electron chi connectivity index (χ2n) is 6.99. The zero-order chi connectivity index (χ0) is 22.1. The Morgan fingerprint density at radius 1 is 0.839 bits per heavy atom. The average molecular weight is 439 g/mol. The van der Waals surface area contributed by atoms with E-state index in [-0.39, 0.29) is 28.7 Å². The number of benzene rings is 3. The quantitative estimate of drug-likeness (QED) is 0.509. The van der Waals surface area contributed by atoms with E-state index in [1.54, 1.807) is 6.07 Å². The highest BCUT2D eigenvalue weighted by atomic mass is 32.2. The molecule has 1 amide bonds. The number of sulfonamides is 1. The molecule has 6 nitrogen and oxygen atoms in total. The fraction of sp³-hybridized carbons (Fsp3) is 0.208. The molecule has 0 fully saturated rings. The standard InChI is InChI=1S/C24H26N2O4S/c1-30-22-13-12-21(24(27)25-16-14-19-8-4-2-5-9-19)18-23(22)31(28,29)26-17-15-20-10-6-3-7-11-20/h2-13,18,26H,14-17H2,1H3,(H,25,27). The van der Waals surface area contributed by atoms with Crippen molar-refractivity contribution >= 4 is 15.9 Å². The number of nitrogens with one attached hydrogen (secondary N) is 2. The first kappa shape index (κ1) is 22.5. The van der Waals surface area contributed by atoms with Gasteiger partial charge in [-0.3, -0.25) is 4.79 Å². The number of hydrogen-bond donors (Lipinski definition) is 2. The molecule has 0 aliphatic rings. The van der Waals surface area contributed by atoms with Gasteiger partial charge in [0.05, 0.1) is 7.11 Å². The van der Waals surface area contributed by atoms with Crippen LogP contribution in [0.2, 0.25) is 0 Å². The van der Waals surface area contributed by atoms with Crippen LogP contribution in [0.25, 0.3) is 0 Å². The summed E-state index contributed by atoms with van der Waals surface area (Å²) in [4.78, 5) is 12.5. The average Bonchev–Trinajstić information content (AvgIpc) is 2.80. The minimum atomic E-state index is -3.85. The lowest BCUT2D eigenvalue weighted by molar-refractivity contribution is 0.0954. The molecule has 0 bridgehead atoms. The van der Waals surface area contributed by atoms with E-state index < -0.39 is 10.0 Å². The molecule has 0 radical (unpaired) electrons. The van der Waals surface area contributed by atoms with Gasteiger partial charge in [0.2, 0.25) is 10.0 Å². The normalized spacial score (nSPS) is 11.1. The summed E-state index contributed by atoms with van der Waals surface area (Å²) < 4.78 is 33.5. The third-order valence-corrected chi connectivity index (χ3v) is 6.29. The van der Waals surface area contributed by atoms with Gasteiger partial charge in [-0.1, -0.05) is 60.7 Å². The maximum Gasteiger partial charge on any atom is 0.251 e. The van der Waals surface area contributed by atoms with Gasteiger partial charge in [-0.2, -0.15) is 0 Å². The number of ether oxygens (including phenoxy) is 1. The monoisotopic (exact) mass is 438 g/mol. The maximum absolute atomic E-state index is 12.9. The predicted octanol–water partition coefficient (Wildman–Crippen LogP) is 3.19. The van der Waals surface area contributed by atoms with Crippen molar-refractivity contribution in [1.82, 2.24) is 10.0 Å². The van der Waals surface area contributed by atoms with Crippen LogP contribution >= 0.6 is 0 Å². The van der Waals surface area contributed by atoms with Gasteiger partial charge >= 0.3 is 0 Å². The number of methoxy groups -OCH3 is 1. The second kappa shape index (κ2) is 10.7. The van der Waals surface area contributed by atoms with Gasteiger partial charge < -0.3 is 10.1 Å². The van der Waals surface area contributed by atoms with Gasteiger partial charge in [-0.15, -0.1) is 0 Å². The predicted molar refractivity (Wildman–Crippen MR) is 121 cm³/mol. The number of carbonyl (C=O) groups excluding carboxylic acids is 1. The van der Waals surface area contributed by atoms with E-state index in [0.717, 1.165) is 11.1 Å². The summed E-state index contributed by atoms with van der Waals surface area (Å²) in [5.41, 5.74) is 2.41. The van der Waals surface area contributed by atoms with Crippen molar-refractivity contribution in [2.75, 3.05) is 20.2 Å². The topological polar surface area (TPSA) is 84.5 Å². The third-order valence-electron chi connectivity index (χ3n) is 4.81. The summed E-state index contributed by atoms with van der Waals surface area (Å²) >= 11 is 0. The van der Waals surface area contributed by atoms with E-state index in [4.69, 9.17) is 4.74 Å². The molecule has 0 aliphatic heterocycles. The summed E-state index contributed by atoms with van der Waals surface area (Å²) in [7, 11) is -2.45. The fourth-order valence-corrected chi connectivity index (χ4v) is 4.37. The van der Waals surface area contributed by atoms with E-state index >= 15 is 0 Å². The number of carbonyl (C=O) groups is 1.